The van der Waals surface area contributed by atoms with Crippen molar-refractivity contribution in [2.45, 2.75) is 37.7 Å². The normalized spacial score (nSPS) is 26.0. The summed E-state index contributed by atoms with van der Waals surface area (Å²) in [5.74, 6) is 0.440. The zero-order valence-corrected chi connectivity index (χ0v) is 18.1. The predicted octanol–water partition coefficient (Wildman–Crippen LogP) is 2.76. The molecule has 1 aliphatic carbocycles. The van der Waals surface area contributed by atoms with E-state index in [1.807, 2.05) is 0 Å². The van der Waals surface area contributed by atoms with Crippen LogP contribution in [-0.2, 0) is 11.3 Å². The third kappa shape index (κ3) is 4.43. The number of fused-ring (bicyclic) bond motifs is 2. The van der Waals surface area contributed by atoms with Gasteiger partial charge in [0.25, 0.3) is 5.56 Å². The number of hydrogen-bond acceptors (Lipinski definition) is 7. The molecular weight excluding hydrogens is 463 g/mol. The Morgan fingerprint density at radius 3 is 2.79 bits per heavy atom. The molecule has 0 radical (unpaired) electrons. The zero-order valence-electron chi connectivity index (χ0n) is 17.4. The molecular formula is C21H21ClF3N5O3. The Morgan fingerprint density at radius 2 is 2.15 bits per heavy atom. The fourth-order valence-electron chi connectivity index (χ4n) is 4.57. The van der Waals surface area contributed by atoms with Gasteiger partial charge in [-0.25, -0.2) is 4.98 Å². The van der Waals surface area contributed by atoms with Crippen molar-refractivity contribution in [1.82, 2.24) is 14.5 Å². The molecule has 12 heteroatoms. The summed E-state index contributed by atoms with van der Waals surface area (Å²) in [6.07, 6.45) is -2.66. The minimum absolute atomic E-state index is 0.00593. The van der Waals surface area contributed by atoms with Gasteiger partial charge in [0.1, 0.15) is 17.0 Å². The average molecular weight is 484 g/mol. The Balaban J connectivity index is 1.43. The fourth-order valence-corrected chi connectivity index (χ4v) is 4.68. The van der Waals surface area contributed by atoms with E-state index in [0.29, 0.717) is 25.0 Å². The Hall–Kier alpha value is -2.66. The summed E-state index contributed by atoms with van der Waals surface area (Å²) in [6.45, 7) is 0.363. The van der Waals surface area contributed by atoms with Gasteiger partial charge in [-0.1, -0.05) is 11.6 Å². The molecule has 0 spiro atoms. The van der Waals surface area contributed by atoms with Crippen LogP contribution in [-0.4, -0.2) is 58.3 Å². The first kappa shape index (κ1) is 22.1. The molecule has 0 amide bonds. The standard InChI is InChI=1S/C21H21ClF3N5O3/c22-17-2-1-11(7-26-17)14(31)9-30-16(21(23,24)25)3-4-29-19(32)6-18(28-20(29)30)27-8-15-13-5-12(13)10-33-15/h1-2,6-7,12-13,15-16,27H,3-5,8-10H2/t12?,13?,15-,16+/m1/s1. The predicted molar refractivity (Wildman–Crippen MR) is 114 cm³/mol. The molecule has 3 aliphatic rings. The van der Waals surface area contributed by atoms with Gasteiger partial charge in [-0.05, 0) is 36.8 Å². The molecule has 1 saturated carbocycles. The lowest BCUT2D eigenvalue weighted by molar-refractivity contribution is -0.152. The van der Waals surface area contributed by atoms with Crippen LogP contribution < -0.4 is 15.8 Å². The van der Waals surface area contributed by atoms with E-state index in [4.69, 9.17) is 16.3 Å². The summed E-state index contributed by atoms with van der Waals surface area (Å²) in [5.41, 5.74) is -0.364. The number of anilines is 2. The third-order valence-electron chi connectivity index (χ3n) is 6.45. The molecule has 33 heavy (non-hydrogen) atoms. The first-order valence-electron chi connectivity index (χ1n) is 10.7. The molecule has 1 N–H and O–H groups in total. The highest BCUT2D eigenvalue weighted by molar-refractivity contribution is 6.29. The number of carbonyl (C=O) groups is 1. The van der Waals surface area contributed by atoms with Crippen molar-refractivity contribution in [2.24, 2.45) is 11.8 Å². The molecule has 1 saturated heterocycles. The van der Waals surface area contributed by atoms with Crippen LogP contribution in [0.4, 0.5) is 24.9 Å². The van der Waals surface area contributed by atoms with Crippen molar-refractivity contribution in [1.29, 1.82) is 0 Å². The highest BCUT2D eigenvalue weighted by Gasteiger charge is 2.49. The molecule has 2 aromatic heterocycles. The van der Waals surface area contributed by atoms with Gasteiger partial charge >= 0.3 is 6.18 Å². The van der Waals surface area contributed by atoms with Gasteiger partial charge in [0.15, 0.2) is 5.78 Å². The average Bonchev–Trinajstić information content (AvgIpc) is 3.44. The number of pyridine rings is 1. The van der Waals surface area contributed by atoms with Gasteiger partial charge in [0.2, 0.25) is 5.95 Å². The van der Waals surface area contributed by atoms with Crippen molar-refractivity contribution in [2.75, 3.05) is 29.9 Å². The quantitative estimate of drug-likeness (QED) is 0.499. The van der Waals surface area contributed by atoms with E-state index in [0.717, 1.165) is 11.3 Å². The van der Waals surface area contributed by atoms with Crippen LogP contribution in [0.25, 0.3) is 0 Å². The molecule has 2 aliphatic heterocycles. The van der Waals surface area contributed by atoms with E-state index in [1.54, 1.807) is 0 Å². The molecule has 5 rings (SSSR count). The lowest BCUT2D eigenvalue weighted by atomic mass is 10.1. The van der Waals surface area contributed by atoms with Gasteiger partial charge in [0.05, 0.1) is 19.3 Å². The second-order valence-corrected chi connectivity index (χ2v) is 9.00. The number of hydrogen-bond donors (Lipinski definition) is 1. The van der Waals surface area contributed by atoms with Crippen LogP contribution in [0, 0.1) is 11.8 Å². The maximum Gasteiger partial charge on any atom is 0.408 e. The number of Topliss-reactive ketones (excluding diaryl/α,β-unsaturated/α-hetero) is 1. The number of carbonyl (C=O) groups excluding carboxylic acids is 1. The van der Waals surface area contributed by atoms with E-state index < -0.39 is 30.1 Å². The van der Waals surface area contributed by atoms with Crippen molar-refractivity contribution in [3.05, 3.63) is 45.5 Å². The number of nitrogens with one attached hydrogen (secondary N) is 1. The summed E-state index contributed by atoms with van der Waals surface area (Å²) < 4.78 is 48.4. The molecule has 8 nitrogen and oxygen atoms in total. The largest absolute Gasteiger partial charge is 0.408 e. The Labute approximate surface area is 191 Å². The van der Waals surface area contributed by atoms with E-state index in [2.05, 4.69) is 15.3 Å². The van der Waals surface area contributed by atoms with Crippen LogP contribution in [0.1, 0.15) is 23.2 Å². The first-order chi connectivity index (χ1) is 15.7. The van der Waals surface area contributed by atoms with Crippen molar-refractivity contribution in [3.8, 4) is 0 Å². The van der Waals surface area contributed by atoms with Crippen LogP contribution in [0.2, 0.25) is 5.15 Å². The number of ketones is 1. The van der Waals surface area contributed by atoms with Gasteiger partial charge in [-0.3, -0.25) is 14.2 Å². The van der Waals surface area contributed by atoms with Gasteiger partial charge in [-0.15, -0.1) is 0 Å². The Kier molecular flexibility index (Phi) is 5.56. The van der Waals surface area contributed by atoms with Crippen LogP contribution in [0.5, 0.6) is 0 Å². The van der Waals surface area contributed by atoms with Gasteiger partial charge < -0.3 is 15.0 Å². The summed E-state index contributed by atoms with van der Waals surface area (Å²) in [5, 5.41) is 3.20. The second kappa shape index (κ2) is 8.28. The number of aromatic nitrogens is 3. The van der Waals surface area contributed by atoms with Gasteiger partial charge in [-0.2, -0.15) is 18.2 Å². The number of halogens is 4. The summed E-state index contributed by atoms with van der Waals surface area (Å²) in [4.78, 5) is 34.4. The molecule has 0 aromatic carbocycles. The Bertz CT molecular complexity index is 1120. The summed E-state index contributed by atoms with van der Waals surface area (Å²) in [6, 6.07) is 2.10. The molecule has 2 unspecified atom stereocenters. The third-order valence-corrected chi connectivity index (χ3v) is 6.68. The number of nitrogens with zero attached hydrogens (tertiary/aromatic N) is 4. The highest BCUT2D eigenvalue weighted by Crippen LogP contribution is 2.48. The van der Waals surface area contributed by atoms with E-state index in [1.165, 1.54) is 29.0 Å². The second-order valence-electron chi connectivity index (χ2n) is 8.61. The lowest BCUT2D eigenvalue weighted by Crippen LogP contribution is -2.54. The van der Waals surface area contributed by atoms with Crippen molar-refractivity contribution >= 4 is 29.2 Å². The van der Waals surface area contributed by atoms with Crippen molar-refractivity contribution < 1.29 is 22.7 Å². The fraction of sp³-hybridized carbons (Fsp3) is 0.524. The Morgan fingerprint density at radius 1 is 1.33 bits per heavy atom. The lowest BCUT2D eigenvalue weighted by Gasteiger charge is -2.38. The van der Waals surface area contributed by atoms with Crippen molar-refractivity contribution in [3.63, 3.8) is 0 Å². The smallest absolute Gasteiger partial charge is 0.376 e. The molecule has 2 fully saturated rings. The first-order valence-corrected chi connectivity index (χ1v) is 11.0. The molecule has 176 valence electrons. The number of alkyl halides is 3. The number of rotatable bonds is 6. The monoisotopic (exact) mass is 483 g/mol. The summed E-state index contributed by atoms with van der Waals surface area (Å²) >= 11 is 5.74. The topological polar surface area (TPSA) is 89.4 Å². The van der Waals surface area contributed by atoms with Crippen LogP contribution in [0.15, 0.2) is 29.2 Å². The van der Waals surface area contributed by atoms with E-state index in [-0.39, 0.29) is 41.6 Å². The minimum atomic E-state index is -4.61. The zero-order chi connectivity index (χ0) is 23.3. The number of ether oxygens (including phenoxy) is 1. The van der Waals surface area contributed by atoms with Crippen LogP contribution >= 0.6 is 11.6 Å². The molecule has 4 atom stereocenters. The van der Waals surface area contributed by atoms with E-state index in [9.17, 15) is 22.8 Å². The maximum absolute atomic E-state index is 13.9. The maximum atomic E-state index is 13.9. The molecule has 2 aromatic rings. The highest BCUT2D eigenvalue weighted by atomic mass is 35.5. The van der Waals surface area contributed by atoms with Crippen LogP contribution in [0.3, 0.4) is 0 Å². The SMILES string of the molecule is O=C(CN1c2nc(NC[C@H]3OCC4CC43)cc(=O)n2CC[C@H]1C(F)(F)F)c1ccc(Cl)nc1. The molecule has 0 bridgehead atoms. The summed E-state index contributed by atoms with van der Waals surface area (Å²) in [7, 11) is 0. The van der Waals surface area contributed by atoms with E-state index >= 15 is 0 Å². The molecule has 4 heterocycles. The minimum Gasteiger partial charge on any atom is -0.376 e. The van der Waals surface area contributed by atoms with Gasteiger partial charge in [0, 0.05) is 30.9 Å².